The van der Waals surface area contributed by atoms with Gasteiger partial charge in [-0.1, -0.05) is 41.3 Å². The third-order valence-corrected chi connectivity index (χ3v) is 7.98. The molecule has 0 fully saturated rings. The summed E-state index contributed by atoms with van der Waals surface area (Å²) >= 11 is 0. The third kappa shape index (κ3) is 3.18. The van der Waals surface area contributed by atoms with Gasteiger partial charge in [0.1, 0.15) is 0 Å². The molecule has 148 valence electrons. The Bertz CT molecular complexity index is 1210. The lowest BCUT2D eigenvalue weighted by molar-refractivity contribution is 0.0978. The number of hydrogen-bond donors (Lipinski definition) is 1. The van der Waals surface area contributed by atoms with Crippen molar-refractivity contribution in [3.63, 3.8) is 0 Å². The van der Waals surface area contributed by atoms with E-state index in [1.165, 1.54) is 18.2 Å². The van der Waals surface area contributed by atoms with Crippen LogP contribution in [0.15, 0.2) is 41.3 Å². The summed E-state index contributed by atoms with van der Waals surface area (Å²) in [5, 5.41) is 0. The van der Waals surface area contributed by atoms with E-state index >= 15 is 0 Å². The predicted octanol–water partition coefficient (Wildman–Crippen LogP) is 1.84. The number of rotatable bonds is 5. The quantitative estimate of drug-likeness (QED) is 0.621. The lowest BCUT2D eigenvalue weighted by Gasteiger charge is -2.22. The van der Waals surface area contributed by atoms with Gasteiger partial charge in [-0.05, 0) is 24.1 Å². The Hall–Kier alpha value is -2.40. The first kappa shape index (κ1) is 20.3. The molecule has 0 amide bonds. The Kier molecular flexibility index (Phi) is 5.00. The van der Waals surface area contributed by atoms with E-state index in [9.17, 15) is 26.4 Å². The Morgan fingerprint density at radius 2 is 1.39 bits per heavy atom. The number of nitrogens with zero attached hydrogens (tertiary/aromatic N) is 1. The van der Waals surface area contributed by atoms with E-state index in [0.717, 1.165) is 6.07 Å². The summed E-state index contributed by atoms with van der Waals surface area (Å²) in [6.45, 7) is 1.78. The number of fused-ring (bicyclic) bond motifs is 2. The van der Waals surface area contributed by atoms with Crippen molar-refractivity contribution in [3.05, 3.63) is 64.2 Å². The molecule has 1 aliphatic carbocycles. The number of carbonyl (C=O) groups is 2. The van der Waals surface area contributed by atoms with Crippen LogP contribution in [0.5, 0.6) is 0 Å². The highest BCUT2D eigenvalue weighted by atomic mass is 32.3. The maximum absolute atomic E-state index is 12.8. The van der Waals surface area contributed by atoms with Crippen LogP contribution in [0.3, 0.4) is 0 Å². The number of benzene rings is 2. The Labute approximate surface area is 162 Å². The molecule has 8 nitrogen and oxygen atoms in total. The molecule has 0 atom stereocenters. The Balaban J connectivity index is 2.30. The van der Waals surface area contributed by atoms with Crippen molar-refractivity contribution in [2.45, 2.75) is 24.7 Å². The molecular formula is C18H17NO7S2. The summed E-state index contributed by atoms with van der Waals surface area (Å²) in [5.41, 5.74) is 0.520. The van der Waals surface area contributed by atoms with Gasteiger partial charge < -0.3 is 0 Å². The van der Waals surface area contributed by atoms with Gasteiger partial charge in [-0.25, -0.2) is 8.42 Å². The fourth-order valence-corrected chi connectivity index (χ4v) is 5.41. The standard InChI is InChI=1S/C18H17NO7S2/c1-3-6-11-9-14-15(10-16(11)27(22,23)19(2)28(24,25)26)18(21)13-8-5-4-7-12(13)17(14)20/h4-5,7-10H,3,6H2,1-2H3,(H,24,25,26). The number of ketones is 2. The van der Waals surface area contributed by atoms with Crippen molar-refractivity contribution in [1.82, 2.24) is 3.71 Å². The molecule has 0 aliphatic heterocycles. The van der Waals surface area contributed by atoms with Gasteiger partial charge in [-0.2, -0.15) is 8.42 Å². The van der Waals surface area contributed by atoms with Gasteiger partial charge in [0.25, 0.3) is 10.0 Å². The molecule has 1 aliphatic rings. The fraction of sp³-hybridized carbons (Fsp3) is 0.222. The van der Waals surface area contributed by atoms with E-state index < -0.39 is 36.8 Å². The molecule has 1 N–H and O–H groups in total. The first-order valence-corrected chi connectivity index (χ1v) is 11.2. The largest absolute Gasteiger partial charge is 0.349 e. The maximum Gasteiger partial charge on any atom is 0.349 e. The summed E-state index contributed by atoms with van der Waals surface area (Å²) in [6.07, 6.45) is 0.736. The van der Waals surface area contributed by atoms with Crippen LogP contribution in [0.25, 0.3) is 0 Å². The minimum absolute atomic E-state index is 0.0700. The van der Waals surface area contributed by atoms with E-state index in [0.29, 0.717) is 13.5 Å². The zero-order valence-electron chi connectivity index (χ0n) is 15.0. The summed E-state index contributed by atoms with van der Waals surface area (Å²) in [4.78, 5) is 25.2. The molecule has 2 aromatic carbocycles. The van der Waals surface area contributed by atoms with Crippen molar-refractivity contribution in [2.75, 3.05) is 7.05 Å². The van der Waals surface area contributed by atoms with Crippen molar-refractivity contribution < 1.29 is 31.0 Å². The number of carbonyl (C=O) groups excluding carboxylic acids is 2. The normalized spacial score (nSPS) is 14.1. The first-order valence-electron chi connectivity index (χ1n) is 8.32. The van der Waals surface area contributed by atoms with Gasteiger partial charge in [0.2, 0.25) is 0 Å². The van der Waals surface area contributed by atoms with Crippen LogP contribution in [0.4, 0.5) is 0 Å². The summed E-state index contributed by atoms with van der Waals surface area (Å²) < 4.78 is 57.3. The maximum atomic E-state index is 12.8. The molecule has 28 heavy (non-hydrogen) atoms. The van der Waals surface area contributed by atoms with Crippen LogP contribution in [-0.2, 0) is 26.7 Å². The number of aryl methyl sites for hydroxylation is 1. The molecule has 0 radical (unpaired) electrons. The topological polar surface area (TPSA) is 126 Å². The average Bonchev–Trinajstić information content (AvgIpc) is 2.64. The molecule has 0 saturated carbocycles. The predicted molar refractivity (Wildman–Crippen MR) is 100 cm³/mol. The third-order valence-electron chi connectivity index (χ3n) is 4.57. The molecule has 0 aromatic heterocycles. The monoisotopic (exact) mass is 423 g/mol. The van der Waals surface area contributed by atoms with Crippen LogP contribution in [0.2, 0.25) is 0 Å². The minimum Gasteiger partial charge on any atom is -0.289 e. The molecule has 0 unspecified atom stereocenters. The Morgan fingerprint density at radius 1 is 0.893 bits per heavy atom. The van der Waals surface area contributed by atoms with Gasteiger partial charge in [0, 0.05) is 29.3 Å². The molecule has 0 bridgehead atoms. The van der Waals surface area contributed by atoms with Crippen molar-refractivity contribution in [3.8, 4) is 0 Å². The molecule has 0 saturated heterocycles. The zero-order chi connectivity index (χ0) is 20.9. The van der Waals surface area contributed by atoms with E-state index in [-0.39, 0.29) is 37.9 Å². The first-order chi connectivity index (χ1) is 13.0. The van der Waals surface area contributed by atoms with Gasteiger partial charge in [-0.15, -0.1) is 0 Å². The highest BCUT2D eigenvalue weighted by Crippen LogP contribution is 2.32. The molecule has 3 rings (SSSR count). The van der Waals surface area contributed by atoms with Gasteiger partial charge in [0.05, 0.1) is 4.90 Å². The van der Waals surface area contributed by atoms with E-state index in [4.69, 9.17) is 4.55 Å². The molecule has 0 spiro atoms. The SMILES string of the molecule is CCCc1cc2c(cc1S(=O)(=O)N(C)S(=O)(=O)O)C(=O)c1ccccc1C2=O. The smallest absolute Gasteiger partial charge is 0.289 e. The lowest BCUT2D eigenvalue weighted by atomic mass is 9.83. The van der Waals surface area contributed by atoms with Crippen LogP contribution in [0, 0.1) is 0 Å². The highest BCUT2D eigenvalue weighted by molar-refractivity contribution is 8.01. The van der Waals surface area contributed by atoms with E-state index in [1.54, 1.807) is 19.1 Å². The second-order valence-electron chi connectivity index (χ2n) is 6.32. The minimum atomic E-state index is -5.04. The van der Waals surface area contributed by atoms with Gasteiger partial charge >= 0.3 is 10.3 Å². The van der Waals surface area contributed by atoms with Crippen LogP contribution in [0.1, 0.15) is 50.8 Å². The fourth-order valence-electron chi connectivity index (χ4n) is 3.14. The average molecular weight is 423 g/mol. The summed E-state index contributed by atoms with van der Waals surface area (Å²) in [7, 11) is -9.01. The van der Waals surface area contributed by atoms with Crippen molar-refractivity contribution in [1.29, 1.82) is 0 Å². The highest BCUT2D eigenvalue weighted by Gasteiger charge is 2.36. The second-order valence-corrected chi connectivity index (χ2v) is 9.93. The van der Waals surface area contributed by atoms with Gasteiger partial charge in [0.15, 0.2) is 11.6 Å². The van der Waals surface area contributed by atoms with Crippen LogP contribution >= 0.6 is 0 Å². The molecule has 0 heterocycles. The lowest BCUT2D eigenvalue weighted by Crippen LogP contribution is -2.34. The van der Waals surface area contributed by atoms with Crippen LogP contribution < -0.4 is 0 Å². The van der Waals surface area contributed by atoms with E-state index in [1.807, 2.05) is 0 Å². The van der Waals surface area contributed by atoms with Crippen LogP contribution in [-0.4, -0.2) is 43.7 Å². The summed E-state index contributed by atoms with van der Waals surface area (Å²) in [6, 6.07) is 8.55. The second kappa shape index (κ2) is 6.89. The number of hydrogen-bond acceptors (Lipinski definition) is 6. The summed E-state index contributed by atoms with van der Waals surface area (Å²) in [5.74, 6) is -0.936. The zero-order valence-corrected chi connectivity index (χ0v) is 16.7. The molecule has 2 aromatic rings. The molecule has 10 heteroatoms. The van der Waals surface area contributed by atoms with E-state index in [2.05, 4.69) is 0 Å². The number of sulfonamides is 1. The van der Waals surface area contributed by atoms with Crippen molar-refractivity contribution in [2.24, 2.45) is 0 Å². The van der Waals surface area contributed by atoms with Gasteiger partial charge in [-0.3, -0.25) is 14.1 Å². The van der Waals surface area contributed by atoms with Crippen molar-refractivity contribution >= 4 is 31.9 Å². The molecular weight excluding hydrogens is 406 g/mol. The Morgan fingerprint density at radius 3 is 1.86 bits per heavy atom.